The molecule has 1 aromatic heterocycles. The fourth-order valence-electron chi connectivity index (χ4n) is 3.39. The molecule has 0 spiro atoms. The summed E-state index contributed by atoms with van der Waals surface area (Å²) in [4.78, 5) is 15.6. The summed E-state index contributed by atoms with van der Waals surface area (Å²) in [5, 5.41) is 4.55. The number of para-hydroxylation sites is 2. The highest BCUT2D eigenvalue weighted by atomic mass is 16.5. The molecule has 0 radical (unpaired) electrons. The van der Waals surface area contributed by atoms with Crippen molar-refractivity contribution in [3.63, 3.8) is 0 Å². The van der Waals surface area contributed by atoms with E-state index in [2.05, 4.69) is 34.6 Å². The largest absolute Gasteiger partial charge is 0.426 e. The molecule has 2 N–H and O–H groups in total. The molecule has 0 aliphatic rings. The lowest BCUT2D eigenvalue weighted by atomic mass is 9.98. The van der Waals surface area contributed by atoms with E-state index >= 15 is 0 Å². The highest BCUT2D eigenvalue weighted by Gasteiger charge is 2.18. The number of nitrogens with one attached hydrogen (secondary N) is 2. The molecular weight excluding hydrogens is 348 g/mol. The Labute approximate surface area is 164 Å². The van der Waals surface area contributed by atoms with Crippen molar-refractivity contribution in [2.24, 2.45) is 0 Å². The number of esters is 1. The average molecular weight is 370 g/mol. The Morgan fingerprint density at radius 2 is 1.57 bits per heavy atom. The Morgan fingerprint density at radius 3 is 2.36 bits per heavy atom. The summed E-state index contributed by atoms with van der Waals surface area (Å²) >= 11 is 0. The highest BCUT2D eigenvalue weighted by Crippen LogP contribution is 2.26. The Bertz CT molecular complexity index is 1040. The van der Waals surface area contributed by atoms with Gasteiger partial charge in [0.05, 0.1) is 6.54 Å². The molecule has 140 valence electrons. The van der Waals surface area contributed by atoms with Crippen LogP contribution < -0.4 is 10.1 Å². The van der Waals surface area contributed by atoms with Gasteiger partial charge in [-0.25, -0.2) is 0 Å². The lowest BCUT2D eigenvalue weighted by Gasteiger charge is -2.18. The Hall–Kier alpha value is -3.37. The molecule has 4 aromatic rings. The van der Waals surface area contributed by atoms with E-state index in [0.717, 1.165) is 22.9 Å². The molecule has 0 fully saturated rings. The number of rotatable bonds is 7. The summed E-state index contributed by atoms with van der Waals surface area (Å²) < 4.78 is 5.41. The zero-order valence-electron chi connectivity index (χ0n) is 15.5. The first-order valence-electron chi connectivity index (χ1n) is 9.38. The van der Waals surface area contributed by atoms with E-state index in [0.29, 0.717) is 5.75 Å². The summed E-state index contributed by atoms with van der Waals surface area (Å²) in [6, 6.07) is 27.6. The van der Waals surface area contributed by atoms with Crippen molar-refractivity contribution in [2.75, 3.05) is 6.54 Å². The van der Waals surface area contributed by atoms with E-state index in [-0.39, 0.29) is 18.6 Å². The van der Waals surface area contributed by atoms with Gasteiger partial charge in [0.15, 0.2) is 0 Å². The third kappa shape index (κ3) is 4.30. The van der Waals surface area contributed by atoms with Crippen molar-refractivity contribution in [1.82, 2.24) is 10.3 Å². The van der Waals surface area contributed by atoms with Crippen LogP contribution in [-0.4, -0.2) is 17.5 Å². The Morgan fingerprint density at radius 1 is 0.893 bits per heavy atom. The molecule has 1 unspecified atom stereocenters. The second kappa shape index (κ2) is 8.55. The first kappa shape index (κ1) is 18.0. The van der Waals surface area contributed by atoms with Crippen LogP contribution in [0.25, 0.3) is 10.9 Å². The molecule has 4 heteroatoms. The quantitative estimate of drug-likeness (QED) is 0.368. The predicted octanol–water partition coefficient (Wildman–Crippen LogP) is 4.65. The maximum absolute atomic E-state index is 12.3. The SMILES string of the molecule is O=C(CNC(Cc1ccccc1)c1c[nH]c2ccccc12)Oc1ccccc1. The molecule has 1 atom stereocenters. The maximum atomic E-state index is 12.3. The van der Waals surface area contributed by atoms with E-state index in [1.807, 2.05) is 54.7 Å². The van der Waals surface area contributed by atoms with E-state index in [9.17, 15) is 4.79 Å². The summed E-state index contributed by atoms with van der Waals surface area (Å²) in [6.45, 7) is 0.131. The summed E-state index contributed by atoms with van der Waals surface area (Å²) in [5.74, 6) is 0.255. The van der Waals surface area contributed by atoms with Crippen molar-refractivity contribution in [3.8, 4) is 5.75 Å². The lowest BCUT2D eigenvalue weighted by Crippen LogP contribution is -2.31. The number of aromatic amines is 1. The van der Waals surface area contributed by atoms with Crippen LogP contribution in [0.2, 0.25) is 0 Å². The fourth-order valence-corrected chi connectivity index (χ4v) is 3.39. The maximum Gasteiger partial charge on any atom is 0.325 e. The van der Waals surface area contributed by atoms with Gasteiger partial charge in [0, 0.05) is 23.1 Å². The molecule has 4 rings (SSSR count). The minimum Gasteiger partial charge on any atom is -0.426 e. The van der Waals surface area contributed by atoms with E-state index in [1.54, 1.807) is 12.1 Å². The zero-order valence-corrected chi connectivity index (χ0v) is 15.5. The molecule has 0 aliphatic carbocycles. The van der Waals surface area contributed by atoms with Gasteiger partial charge in [0.25, 0.3) is 0 Å². The van der Waals surface area contributed by atoms with Gasteiger partial charge in [-0.2, -0.15) is 0 Å². The molecule has 0 aliphatic heterocycles. The van der Waals surface area contributed by atoms with Gasteiger partial charge in [-0.1, -0.05) is 66.7 Å². The van der Waals surface area contributed by atoms with Gasteiger partial charge < -0.3 is 9.72 Å². The smallest absolute Gasteiger partial charge is 0.325 e. The molecule has 0 saturated carbocycles. The summed E-state index contributed by atoms with van der Waals surface area (Å²) in [6.07, 6.45) is 2.80. The van der Waals surface area contributed by atoms with Gasteiger partial charge in [0.1, 0.15) is 5.75 Å². The van der Waals surface area contributed by atoms with Crippen LogP contribution in [0.5, 0.6) is 5.75 Å². The van der Waals surface area contributed by atoms with Gasteiger partial charge >= 0.3 is 5.97 Å². The first-order valence-corrected chi connectivity index (χ1v) is 9.38. The van der Waals surface area contributed by atoms with Crippen molar-refractivity contribution >= 4 is 16.9 Å². The van der Waals surface area contributed by atoms with Crippen LogP contribution in [-0.2, 0) is 11.2 Å². The van der Waals surface area contributed by atoms with Crippen LogP contribution in [0.4, 0.5) is 0 Å². The zero-order chi connectivity index (χ0) is 19.2. The minimum atomic E-state index is -0.302. The number of carbonyl (C=O) groups is 1. The van der Waals surface area contributed by atoms with Gasteiger partial charge in [-0.3, -0.25) is 10.1 Å². The van der Waals surface area contributed by atoms with Gasteiger partial charge in [-0.15, -0.1) is 0 Å². The minimum absolute atomic E-state index is 0.0122. The molecule has 0 saturated heterocycles. The average Bonchev–Trinajstić information content (AvgIpc) is 3.17. The third-order valence-electron chi connectivity index (χ3n) is 4.75. The normalized spacial score (nSPS) is 12.0. The number of ether oxygens (including phenoxy) is 1. The molecule has 0 amide bonds. The Kier molecular flexibility index (Phi) is 5.50. The number of aromatic nitrogens is 1. The first-order chi connectivity index (χ1) is 13.8. The van der Waals surface area contributed by atoms with Crippen molar-refractivity contribution in [1.29, 1.82) is 0 Å². The molecule has 4 nitrogen and oxygen atoms in total. The number of hydrogen-bond acceptors (Lipinski definition) is 3. The van der Waals surface area contributed by atoms with Gasteiger partial charge in [-0.05, 0) is 35.7 Å². The highest BCUT2D eigenvalue weighted by molar-refractivity contribution is 5.83. The van der Waals surface area contributed by atoms with Crippen molar-refractivity contribution in [2.45, 2.75) is 12.5 Å². The molecule has 0 bridgehead atoms. The van der Waals surface area contributed by atoms with Crippen LogP contribution >= 0.6 is 0 Å². The second-order valence-electron chi connectivity index (χ2n) is 6.70. The molecule has 1 heterocycles. The number of H-pyrrole nitrogens is 1. The number of carbonyl (C=O) groups excluding carboxylic acids is 1. The van der Waals surface area contributed by atoms with E-state index < -0.39 is 0 Å². The Balaban J connectivity index is 1.52. The molecule has 3 aromatic carbocycles. The number of hydrogen-bond donors (Lipinski definition) is 2. The third-order valence-corrected chi connectivity index (χ3v) is 4.75. The standard InChI is InChI=1S/C24H22N2O2/c27-24(28-19-11-5-2-6-12-19)17-26-23(15-18-9-3-1-4-10-18)21-16-25-22-14-8-7-13-20(21)22/h1-14,16,23,25-26H,15,17H2. The monoisotopic (exact) mass is 370 g/mol. The van der Waals surface area contributed by atoms with Gasteiger partial charge in [0.2, 0.25) is 0 Å². The summed E-state index contributed by atoms with van der Waals surface area (Å²) in [7, 11) is 0. The summed E-state index contributed by atoms with van der Waals surface area (Å²) in [5.41, 5.74) is 3.44. The van der Waals surface area contributed by atoms with Crippen LogP contribution in [0.1, 0.15) is 17.2 Å². The second-order valence-corrected chi connectivity index (χ2v) is 6.70. The number of fused-ring (bicyclic) bond motifs is 1. The molecule has 28 heavy (non-hydrogen) atoms. The van der Waals surface area contributed by atoms with Crippen molar-refractivity contribution < 1.29 is 9.53 Å². The van der Waals surface area contributed by atoms with Crippen LogP contribution in [0, 0.1) is 0 Å². The van der Waals surface area contributed by atoms with E-state index in [1.165, 1.54) is 5.56 Å². The van der Waals surface area contributed by atoms with Crippen molar-refractivity contribution in [3.05, 3.63) is 102 Å². The number of benzene rings is 3. The van der Waals surface area contributed by atoms with E-state index in [4.69, 9.17) is 4.74 Å². The molecular formula is C24H22N2O2. The lowest BCUT2D eigenvalue weighted by molar-refractivity contribution is -0.133. The van der Waals surface area contributed by atoms with Crippen LogP contribution in [0.3, 0.4) is 0 Å². The predicted molar refractivity (Wildman–Crippen MR) is 111 cm³/mol. The van der Waals surface area contributed by atoms with Crippen LogP contribution in [0.15, 0.2) is 91.1 Å². The fraction of sp³-hybridized carbons (Fsp3) is 0.125. The topological polar surface area (TPSA) is 54.1 Å².